The fraction of sp³-hybridized carbons (Fsp3) is 0.0714. The van der Waals surface area contributed by atoms with E-state index in [4.69, 9.17) is 16.3 Å². The Labute approximate surface area is 217 Å². The number of hydrogen-bond acceptors (Lipinski definition) is 4. The van der Waals surface area contributed by atoms with Gasteiger partial charge >= 0.3 is 0 Å². The van der Waals surface area contributed by atoms with Crippen molar-refractivity contribution in [2.24, 2.45) is 0 Å². The summed E-state index contributed by atoms with van der Waals surface area (Å²) in [6.45, 7) is 0. The Balaban J connectivity index is 1.47. The van der Waals surface area contributed by atoms with Crippen LogP contribution in [0.5, 0.6) is 5.75 Å². The summed E-state index contributed by atoms with van der Waals surface area (Å²) in [5.74, 6) is -0.390. The molecular weight excluding hydrogens is 499 g/mol. The highest BCUT2D eigenvalue weighted by atomic mass is 35.5. The number of hydrogen-bond donors (Lipinski definition) is 2. The number of ether oxygens (including phenoxy) is 1. The van der Waals surface area contributed by atoms with Gasteiger partial charge in [-0.05, 0) is 72.3 Å². The molecule has 0 radical (unpaired) electrons. The van der Waals surface area contributed by atoms with Gasteiger partial charge in [0.15, 0.2) is 0 Å². The molecule has 2 amide bonds. The molecule has 1 atom stereocenters. The zero-order valence-corrected chi connectivity index (χ0v) is 20.8. The second-order valence-electron chi connectivity index (χ2n) is 7.73. The Morgan fingerprint density at radius 2 is 1.53 bits per heavy atom. The maximum Gasteiger partial charge on any atom is 0.255 e. The van der Waals surface area contributed by atoms with Crippen LogP contribution in [0.4, 0.5) is 15.8 Å². The van der Waals surface area contributed by atoms with Crippen LogP contribution in [0, 0.1) is 5.82 Å². The molecule has 0 spiro atoms. The highest BCUT2D eigenvalue weighted by Crippen LogP contribution is 2.37. The molecule has 0 aromatic heterocycles. The highest BCUT2D eigenvalue weighted by Gasteiger charge is 2.22. The maximum absolute atomic E-state index is 13.5. The fourth-order valence-corrected chi connectivity index (χ4v) is 4.59. The number of carbonyl (C=O) groups excluding carboxylic acids is 2. The summed E-state index contributed by atoms with van der Waals surface area (Å²) in [5.41, 5.74) is 2.35. The third-order valence-corrected chi connectivity index (χ3v) is 6.80. The first-order chi connectivity index (χ1) is 17.4. The van der Waals surface area contributed by atoms with Crippen molar-refractivity contribution < 1.29 is 18.7 Å². The van der Waals surface area contributed by atoms with Gasteiger partial charge in [0.2, 0.25) is 5.91 Å². The fourth-order valence-electron chi connectivity index (χ4n) is 3.38. The van der Waals surface area contributed by atoms with Crippen LogP contribution < -0.4 is 15.4 Å². The molecule has 0 aliphatic carbocycles. The molecule has 36 heavy (non-hydrogen) atoms. The van der Waals surface area contributed by atoms with Gasteiger partial charge in [-0.25, -0.2) is 4.39 Å². The van der Waals surface area contributed by atoms with Gasteiger partial charge < -0.3 is 15.4 Å². The van der Waals surface area contributed by atoms with E-state index < -0.39 is 11.1 Å². The van der Waals surface area contributed by atoms with Crippen molar-refractivity contribution in [3.05, 3.63) is 119 Å². The van der Waals surface area contributed by atoms with Crippen LogP contribution in [-0.4, -0.2) is 18.9 Å². The number of halogens is 2. The molecule has 0 heterocycles. The van der Waals surface area contributed by atoms with Gasteiger partial charge in [0.1, 0.15) is 16.8 Å². The smallest absolute Gasteiger partial charge is 0.255 e. The lowest BCUT2D eigenvalue weighted by molar-refractivity contribution is -0.115. The van der Waals surface area contributed by atoms with Crippen molar-refractivity contribution in [1.82, 2.24) is 0 Å². The summed E-state index contributed by atoms with van der Waals surface area (Å²) in [6, 6.07) is 27.5. The van der Waals surface area contributed by atoms with Crippen LogP contribution in [0.1, 0.15) is 21.2 Å². The predicted molar refractivity (Wildman–Crippen MR) is 142 cm³/mol. The number of rotatable bonds is 8. The number of methoxy groups -OCH3 is 1. The first-order valence-corrected chi connectivity index (χ1v) is 12.2. The molecule has 0 aliphatic rings. The Kier molecular flexibility index (Phi) is 8.25. The number of benzene rings is 4. The molecule has 0 bridgehead atoms. The van der Waals surface area contributed by atoms with Crippen molar-refractivity contribution in [3.63, 3.8) is 0 Å². The lowest BCUT2D eigenvalue weighted by atomic mass is 10.1. The summed E-state index contributed by atoms with van der Waals surface area (Å²) < 4.78 is 18.6. The van der Waals surface area contributed by atoms with Gasteiger partial charge in [-0.2, -0.15) is 0 Å². The lowest BCUT2D eigenvalue weighted by Crippen LogP contribution is -2.19. The molecule has 2 N–H and O–H groups in total. The highest BCUT2D eigenvalue weighted by molar-refractivity contribution is 8.00. The van der Waals surface area contributed by atoms with E-state index in [-0.39, 0.29) is 16.8 Å². The van der Waals surface area contributed by atoms with Gasteiger partial charge in [0.05, 0.1) is 12.1 Å². The summed E-state index contributed by atoms with van der Waals surface area (Å²) in [7, 11) is 1.57. The van der Waals surface area contributed by atoms with Crippen LogP contribution in [-0.2, 0) is 4.79 Å². The average Bonchev–Trinajstić information content (AvgIpc) is 2.90. The van der Waals surface area contributed by atoms with E-state index in [0.29, 0.717) is 22.7 Å². The SMILES string of the molecule is COc1ccc(C(=O)Nc2ccc(SC(C(=O)Nc3ccc(F)c(Cl)c3)c3ccccc3)cc2)cc1. The van der Waals surface area contributed by atoms with Gasteiger partial charge in [0, 0.05) is 21.8 Å². The maximum atomic E-state index is 13.5. The zero-order valence-electron chi connectivity index (χ0n) is 19.2. The summed E-state index contributed by atoms with van der Waals surface area (Å²) in [4.78, 5) is 26.6. The monoisotopic (exact) mass is 520 g/mol. The van der Waals surface area contributed by atoms with Crippen molar-refractivity contribution in [2.45, 2.75) is 10.1 Å². The van der Waals surface area contributed by atoms with E-state index in [9.17, 15) is 14.0 Å². The number of thioether (sulfide) groups is 1. The largest absolute Gasteiger partial charge is 0.497 e. The minimum atomic E-state index is -0.574. The van der Waals surface area contributed by atoms with E-state index in [1.807, 2.05) is 42.5 Å². The van der Waals surface area contributed by atoms with E-state index in [1.54, 1.807) is 43.5 Å². The van der Waals surface area contributed by atoms with Crippen LogP contribution in [0.2, 0.25) is 5.02 Å². The lowest BCUT2D eigenvalue weighted by Gasteiger charge is -2.17. The molecule has 1 unspecified atom stereocenters. The summed E-state index contributed by atoms with van der Waals surface area (Å²) in [6.07, 6.45) is 0. The molecule has 0 aliphatic heterocycles. The molecular formula is C28H22ClFN2O3S. The molecule has 4 rings (SSSR count). The minimum absolute atomic E-state index is 0.0657. The average molecular weight is 521 g/mol. The number of anilines is 2. The quantitative estimate of drug-likeness (QED) is 0.241. The summed E-state index contributed by atoms with van der Waals surface area (Å²) in [5, 5.41) is 5.04. The van der Waals surface area contributed by atoms with Crippen LogP contribution in [0.3, 0.4) is 0 Å². The standard InChI is InChI=1S/C28H22ClFN2O3S/c1-35-22-12-7-19(8-13-22)27(33)31-20-9-14-23(15-10-20)36-26(18-5-3-2-4-6-18)28(34)32-21-11-16-25(30)24(29)17-21/h2-17,26H,1H3,(H,31,33)(H,32,34). The molecule has 4 aromatic rings. The molecule has 0 saturated heterocycles. The zero-order chi connectivity index (χ0) is 25.5. The van der Waals surface area contributed by atoms with E-state index >= 15 is 0 Å². The Hall–Kier alpha value is -3.81. The Bertz CT molecular complexity index is 1350. The van der Waals surface area contributed by atoms with Crippen LogP contribution >= 0.6 is 23.4 Å². The first kappa shape index (κ1) is 25.3. The van der Waals surface area contributed by atoms with Gasteiger partial charge in [-0.1, -0.05) is 41.9 Å². The predicted octanol–water partition coefficient (Wildman–Crippen LogP) is 7.21. The molecule has 8 heteroatoms. The molecule has 182 valence electrons. The molecule has 5 nitrogen and oxygen atoms in total. The molecule has 4 aromatic carbocycles. The second kappa shape index (κ2) is 11.7. The van der Waals surface area contributed by atoms with Crippen molar-refractivity contribution in [2.75, 3.05) is 17.7 Å². The normalized spacial score (nSPS) is 11.4. The van der Waals surface area contributed by atoms with E-state index in [1.165, 1.54) is 30.0 Å². The van der Waals surface area contributed by atoms with Gasteiger partial charge in [-0.3, -0.25) is 9.59 Å². The first-order valence-electron chi connectivity index (χ1n) is 11.0. The third-order valence-electron chi connectivity index (χ3n) is 5.25. The van der Waals surface area contributed by atoms with E-state index in [2.05, 4.69) is 10.6 Å². The van der Waals surface area contributed by atoms with Crippen molar-refractivity contribution in [1.29, 1.82) is 0 Å². The third kappa shape index (κ3) is 6.44. The number of carbonyl (C=O) groups is 2. The number of nitrogens with one attached hydrogen (secondary N) is 2. The van der Waals surface area contributed by atoms with Crippen LogP contribution in [0.15, 0.2) is 102 Å². The molecule has 0 fully saturated rings. The van der Waals surface area contributed by atoms with Crippen molar-refractivity contribution >= 4 is 46.6 Å². The van der Waals surface area contributed by atoms with Crippen molar-refractivity contribution in [3.8, 4) is 5.75 Å². The van der Waals surface area contributed by atoms with Crippen LogP contribution in [0.25, 0.3) is 0 Å². The number of amides is 2. The van der Waals surface area contributed by atoms with Gasteiger partial charge in [0.25, 0.3) is 5.91 Å². The Morgan fingerprint density at radius 1 is 0.861 bits per heavy atom. The Morgan fingerprint density at radius 3 is 2.17 bits per heavy atom. The van der Waals surface area contributed by atoms with E-state index in [0.717, 1.165) is 10.5 Å². The second-order valence-corrected chi connectivity index (χ2v) is 9.32. The van der Waals surface area contributed by atoms with Gasteiger partial charge in [-0.15, -0.1) is 11.8 Å². The minimum Gasteiger partial charge on any atom is -0.497 e. The topological polar surface area (TPSA) is 67.4 Å². The molecule has 0 saturated carbocycles. The summed E-state index contributed by atoms with van der Waals surface area (Å²) >= 11 is 7.22.